The summed E-state index contributed by atoms with van der Waals surface area (Å²) in [6, 6.07) is 3.03. The van der Waals surface area contributed by atoms with Crippen LogP contribution in [0.25, 0.3) is 0 Å². The Morgan fingerprint density at radius 2 is 2.15 bits per heavy atom. The minimum absolute atomic E-state index is 0.346. The molecule has 20 heavy (non-hydrogen) atoms. The molecular weight excluding hydrogens is 281 g/mol. The fraction of sp³-hybridized carbons (Fsp3) is 0.286. The molecule has 0 aliphatic heterocycles. The smallest absolute Gasteiger partial charge is 0.223 e. The first-order chi connectivity index (χ1) is 9.69. The van der Waals surface area contributed by atoms with Crippen molar-refractivity contribution in [1.82, 2.24) is 15.3 Å². The molecule has 0 unspecified atom stereocenters. The van der Waals surface area contributed by atoms with Crippen molar-refractivity contribution < 1.29 is 9.13 Å². The largest absolute Gasteiger partial charge is 0.437 e. The minimum Gasteiger partial charge on any atom is -0.437 e. The lowest BCUT2D eigenvalue weighted by atomic mass is 10.2. The van der Waals surface area contributed by atoms with E-state index in [2.05, 4.69) is 22.2 Å². The molecule has 0 fully saturated rings. The summed E-state index contributed by atoms with van der Waals surface area (Å²) in [5.41, 5.74) is 0.651. The van der Waals surface area contributed by atoms with E-state index in [1.165, 1.54) is 18.5 Å². The van der Waals surface area contributed by atoms with Crippen LogP contribution in [0, 0.1) is 5.82 Å². The Labute approximate surface area is 122 Å². The Kier molecular flexibility index (Phi) is 5.26. The Morgan fingerprint density at radius 3 is 2.90 bits per heavy atom. The van der Waals surface area contributed by atoms with E-state index in [9.17, 15) is 4.39 Å². The zero-order valence-electron chi connectivity index (χ0n) is 11.1. The number of rotatable bonds is 6. The third kappa shape index (κ3) is 4.15. The van der Waals surface area contributed by atoms with Crippen molar-refractivity contribution in [2.45, 2.75) is 19.9 Å². The third-order valence-corrected chi connectivity index (χ3v) is 2.74. The third-order valence-electron chi connectivity index (χ3n) is 2.53. The van der Waals surface area contributed by atoms with Crippen LogP contribution in [0.4, 0.5) is 4.39 Å². The van der Waals surface area contributed by atoms with Gasteiger partial charge in [-0.05, 0) is 19.0 Å². The van der Waals surface area contributed by atoms with Crippen LogP contribution in [0.15, 0.2) is 30.7 Å². The quantitative estimate of drug-likeness (QED) is 0.828. The van der Waals surface area contributed by atoms with Gasteiger partial charge in [-0.2, -0.15) is 0 Å². The number of pyridine rings is 2. The van der Waals surface area contributed by atoms with Crippen LogP contribution in [0.2, 0.25) is 5.02 Å². The highest BCUT2D eigenvalue weighted by atomic mass is 35.5. The van der Waals surface area contributed by atoms with Gasteiger partial charge in [-0.25, -0.2) is 9.37 Å². The molecule has 0 bridgehead atoms. The van der Waals surface area contributed by atoms with Gasteiger partial charge in [-0.1, -0.05) is 18.5 Å². The molecule has 0 atom stereocenters. The van der Waals surface area contributed by atoms with E-state index in [4.69, 9.17) is 16.3 Å². The molecule has 2 heterocycles. The molecule has 2 aromatic rings. The van der Waals surface area contributed by atoms with Crippen molar-refractivity contribution in [3.8, 4) is 11.6 Å². The lowest BCUT2D eigenvalue weighted by Crippen LogP contribution is -2.15. The molecule has 0 spiro atoms. The summed E-state index contributed by atoms with van der Waals surface area (Å²) in [6.07, 6.45) is 5.16. The number of ether oxygens (including phenoxy) is 1. The summed E-state index contributed by atoms with van der Waals surface area (Å²) in [7, 11) is 0. The van der Waals surface area contributed by atoms with Gasteiger partial charge in [0, 0.05) is 24.4 Å². The molecule has 1 N–H and O–H groups in total. The van der Waals surface area contributed by atoms with Gasteiger partial charge in [-0.15, -0.1) is 0 Å². The van der Waals surface area contributed by atoms with Crippen LogP contribution in [-0.4, -0.2) is 16.5 Å². The first kappa shape index (κ1) is 14.7. The average Bonchev–Trinajstić information content (AvgIpc) is 2.42. The van der Waals surface area contributed by atoms with Crippen molar-refractivity contribution >= 4 is 11.6 Å². The second-order valence-electron chi connectivity index (χ2n) is 4.24. The first-order valence-corrected chi connectivity index (χ1v) is 6.70. The number of aromatic nitrogens is 2. The van der Waals surface area contributed by atoms with Crippen LogP contribution in [0.1, 0.15) is 18.9 Å². The van der Waals surface area contributed by atoms with Gasteiger partial charge in [-0.3, -0.25) is 4.98 Å². The van der Waals surface area contributed by atoms with E-state index < -0.39 is 5.82 Å². The summed E-state index contributed by atoms with van der Waals surface area (Å²) in [4.78, 5) is 7.90. The summed E-state index contributed by atoms with van der Waals surface area (Å²) in [5, 5.41) is 3.66. The Balaban J connectivity index is 2.17. The maximum atomic E-state index is 13.3. The molecule has 2 rings (SSSR count). The molecular formula is C14H15ClFN3O. The van der Waals surface area contributed by atoms with Crippen LogP contribution >= 0.6 is 11.6 Å². The summed E-state index contributed by atoms with van der Waals surface area (Å²) < 4.78 is 18.9. The van der Waals surface area contributed by atoms with Crippen molar-refractivity contribution in [2.75, 3.05) is 6.54 Å². The average molecular weight is 296 g/mol. The van der Waals surface area contributed by atoms with E-state index in [1.54, 1.807) is 6.07 Å². The first-order valence-electron chi connectivity index (χ1n) is 6.32. The van der Waals surface area contributed by atoms with Gasteiger partial charge < -0.3 is 10.1 Å². The van der Waals surface area contributed by atoms with Crippen molar-refractivity contribution in [2.24, 2.45) is 0 Å². The summed E-state index contributed by atoms with van der Waals surface area (Å²) in [5.74, 6) is 0.419. The number of halogens is 2. The van der Waals surface area contributed by atoms with Gasteiger partial charge in [0.05, 0.1) is 17.4 Å². The van der Waals surface area contributed by atoms with E-state index in [-0.39, 0.29) is 0 Å². The molecule has 0 radical (unpaired) electrons. The molecule has 0 aromatic carbocycles. The van der Waals surface area contributed by atoms with Crippen molar-refractivity contribution in [3.63, 3.8) is 0 Å². The van der Waals surface area contributed by atoms with Gasteiger partial charge in [0.25, 0.3) is 0 Å². The fourth-order valence-electron chi connectivity index (χ4n) is 1.65. The lowest BCUT2D eigenvalue weighted by Gasteiger charge is -2.10. The van der Waals surface area contributed by atoms with Crippen LogP contribution in [0.3, 0.4) is 0 Å². The molecule has 0 amide bonds. The SMILES string of the molecule is CCCNCc1cc(F)cnc1Oc1cncc(Cl)c1. The topological polar surface area (TPSA) is 47.0 Å². The van der Waals surface area contributed by atoms with E-state index in [0.29, 0.717) is 28.8 Å². The van der Waals surface area contributed by atoms with E-state index in [0.717, 1.165) is 19.2 Å². The molecule has 0 saturated carbocycles. The number of nitrogens with zero attached hydrogens (tertiary/aromatic N) is 2. The van der Waals surface area contributed by atoms with E-state index >= 15 is 0 Å². The number of hydrogen-bond acceptors (Lipinski definition) is 4. The molecule has 4 nitrogen and oxygen atoms in total. The summed E-state index contributed by atoms with van der Waals surface area (Å²) >= 11 is 5.84. The van der Waals surface area contributed by atoms with Crippen LogP contribution < -0.4 is 10.1 Å². The predicted molar refractivity (Wildman–Crippen MR) is 75.5 cm³/mol. The minimum atomic E-state index is -0.394. The molecule has 6 heteroatoms. The van der Waals surface area contributed by atoms with Crippen LogP contribution in [-0.2, 0) is 6.54 Å². The highest BCUT2D eigenvalue weighted by Gasteiger charge is 2.09. The predicted octanol–water partition coefficient (Wildman–Crippen LogP) is 3.56. The fourth-order valence-corrected chi connectivity index (χ4v) is 1.81. The lowest BCUT2D eigenvalue weighted by molar-refractivity contribution is 0.446. The second-order valence-corrected chi connectivity index (χ2v) is 4.67. The summed E-state index contributed by atoms with van der Waals surface area (Å²) in [6.45, 7) is 3.39. The molecule has 0 aliphatic rings. The number of nitrogens with one attached hydrogen (secondary N) is 1. The maximum absolute atomic E-state index is 13.3. The monoisotopic (exact) mass is 295 g/mol. The van der Waals surface area contributed by atoms with Gasteiger partial charge in [0.2, 0.25) is 5.88 Å². The van der Waals surface area contributed by atoms with Gasteiger partial charge in [0.15, 0.2) is 0 Å². The Bertz CT molecular complexity index is 580. The zero-order valence-corrected chi connectivity index (χ0v) is 11.8. The van der Waals surface area contributed by atoms with E-state index in [1.807, 2.05) is 0 Å². The normalized spacial score (nSPS) is 10.6. The molecule has 106 valence electrons. The second kappa shape index (κ2) is 7.17. The Hall–Kier alpha value is -1.72. The van der Waals surface area contributed by atoms with Crippen molar-refractivity contribution in [1.29, 1.82) is 0 Å². The molecule has 0 saturated heterocycles. The molecule has 0 aliphatic carbocycles. The van der Waals surface area contributed by atoms with Gasteiger partial charge in [0.1, 0.15) is 11.6 Å². The van der Waals surface area contributed by atoms with Crippen molar-refractivity contribution in [3.05, 3.63) is 47.1 Å². The number of hydrogen-bond donors (Lipinski definition) is 1. The maximum Gasteiger partial charge on any atom is 0.223 e. The highest BCUT2D eigenvalue weighted by molar-refractivity contribution is 6.30. The zero-order chi connectivity index (χ0) is 14.4. The standard InChI is InChI=1S/C14H15ClFN3O/c1-2-3-17-6-10-4-12(16)8-19-14(10)20-13-5-11(15)7-18-9-13/h4-5,7-9,17H,2-3,6H2,1H3. The Morgan fingerprint density at radius 1 is 1.30 bits per heavy atom. The van der Waals surface area contributed by atoms with Gasteiger partial charge >= 0.3 is 0 Å². The van der Waals surface area contributed by atoms with Crippen LogP contribution in [0.5, 0.6) is 11.6 Å². The molecule has 2 aromatic heterocycles. The highest BCUT2D eigenvalue weighted by Crippen LogP contribution is 2.24.